The average molecular weight is 244 g/mol. The quantitative estimate of drug-likeness (QED) is 0.844. The number of sulfone groups is 1. The van der Waals surface area contributed by atoms with E-state index in [2.05, 4.69) is 0 Å². The number of hydrogen-bond acceptors (Lipinski definition) is 4. The fraction of sp³-hybridized carbons (Fsp3) is 0.455. The molecule has 0 aliphatic rings. The fourth-order valence-corrected chi connectivity index (χ4v) is 2.17. The van der Waals surface area contributed by atoms with Crippen LogP contribution in [0, 0.1) is 0 Å². The van der Waals surface area contributed by atoms with Crippen LogP contribution in [0.25, 0.3) is 0 Å². The predicted octanol–water partition coefficient (Wildman–Crippen LogP) is 1.16. The third-order valence-electron chi connectivity index (χ3n) is 2.04. The van der Waals surface area contributed by atoms with Crippen LogP contribution in [0.2, 0.25) is 0 Å². The van der Waals surface area contributed by atoms with E-state index in [9.17, 15) is 13.5 Å². The minimum absolute atomic E-state index is 0.295. The molecule has 0 spiro atoms. The molecule has 0 aliphatic carbocycles. The summed E-state index contributed by atoms with van der Waals surface area (Å²) in [5.74, 6) is 0.234. The first-order chi connectivity index (χ1) is 7.44. The molecule has 1 rings (SSSR count). The average Bonchev–Trinajstić information content (AvgIpc) is 2.16. The van der Waals surface area contributed by atoms with Crippen molar-refractivity contribution in [1.82, 2.24) is 0 Å². The van der Waals surface area contributed by atoms with Crippen LogP contribution in [0.1, 0.15) is 18.6 Å². The smallest absolute Gasteiger partial charge is 0.150 e. The second kappa shape index (κ2) is 5.32. The van der Waals surface area contributed by atoms with Gasteiger partial charge in [0.1, 0.15) is 15.6 Å². The van der Waals surface area contributed by atoms with Gasteiger partial charge in [-0.15, -0.1) is 0 Å². The van der Waals surface area contributed by atoms with Crippen LogP contribution < -0.4 is 4.74 Å². The van der Waals surface area contributed by atoms with Gasteiger partial charge >= 0.3 is 0 Å². The second-order valence-electron chi connectivity index (χ2n) is 3.58. The molecule has 5 heteroatoms. The van der Waals surface area contributed by atoms with Crippen molar-refractivity contribution in [2.75, 3.05) is 18.6 Å². The van der Waals surface area contributed by atoms with Crippen molar-refractivity contribution in [3.8, 4) is 5.75 Å². The van der Waals surface area contributed by atoms with Crippen molar-refractivity contribution in [1.29, 1.82) is 0 Å². The SMILES string of the molecule is CCOc1ccccc1C(O)CS(C)(=O)=O. The first-order valence-corrected chi connectivity index (χ1v) is 7.07. The fourth-order valence-electron chi connectivity index (χ4n) is 1.42. The van der Waals surface area contributed by atoms with Crippen molar-refractivity contribution < 1.29 is 18.3 Å². The molecular formula is C11H16O4S. The Balaban J connectivity index is 2.94. The molecule has 0 radical (unpaired) electrons. The van der Waals surface area contributed by atoms with Crippen LogP contribution in [0.5, 0.6) is 5.75 Å². The standard InChI is InChI=1S/C11H16O4S/c1-3-15-11-7-5-4-6-9(11)10(12)8-16(2,13)14/h4-7,10,12H,3,8H2,1-2H3. The Kier molecular flexibility index (Phi) is 4.32. The number of para-hydroxylation sites is 1. The number of rotatable bonds is 5. The van der Waals surface area contributed by atoms with E-state index in [0.29, 0.717) is 17.9 Å². The van der Waals surface area contributed by atoms with E-state index in [-0.39, 0.29) is 5.75 Å². The molecular weight excluding hydrogens is 228 g/mol. The van der Waals surface area contributed by atoms with Gasteiger partial charge in [-0.1, -0.05) is 18.2 Å². The second-order valence-corrected chi connectivity index (χ2v) is 5.76. The summed E-state index contributed by atoms with van der Waals surface area (Å²) in [7, 11) is -3.21. The molecule has 1 unspecified atom stereocenters. The van der Waals surface area contributed by atoms with Gasteiger partial charge in [0.2, 0.25) is 0 Å². The molecule has 1 N–H and O–H groups in total. The van der Waals surface area contributed by atoms with E-state index in [1.807, 2.05) is 6.92 Å². The van der Waals surface area contributed by atoms with Crippen molar-refractivity contribution in [3.63, 3.8) is 0 Å². The van der Waals surface area contributed by atoms with Gasteiger partial charge in [0.25, 0.3) is 0 Å². The molecule has 0 saturated carbocycles. The lowest BCUT2D eigenvalue weighted by atomic mass is 10.1. The Morgan fingerprint density at radius 1 is 1.38 bits per heavy atom. The lowest BCUT2D eigenvalue weighted by Gasteiger charge is -2.14. The third kappa shape index (κ3) is 3.83. The Morgan fingerprint density at radius 3 is 2.56 bits per heavy atom. The summed E-state index contributed by atoms with van der Waals surface area (Å²) in [6.45, 7) is 2.31. The number of aliphatic hydroxyl groups excluding tert-OH is 1. The van der Waals surface area contributed by atoms with E-state index in [4.69, 9.17) is 4.74 Å². The topological polar surface area (TPSA) is 63.6 Å². The Morgan fingerprint density at radius 2 is 2.00 bits per heavy atom. The van der Waals surface area contributed by atoms with Gasteiger partial charge in [-0.25, -0.2) is 8.42 Å². The highest BCUT2D eigenvalue weighted by molar-refractivity contribution is 7.90. The zero-order valence-corrected chi connectivity index (χ0v) is 10.2. The largest absolute Gasteiger partial charge is 0.493 e. The molecule has 4 nitrogen and oxygen atoms in total. The van der Waals surface area contributed by atoms with Gasteiger partial charge in [-0.05, 0) is 13.0 Å². The maximum atomic E-state index is 11.1. The summed E-state index contributed by atoms with van der Waals surface area (Å²) in [4.78, 5) is 0. The van der Waals surface area contributed by atoms with E-state index in [0.717, 1.165) is 6.26 Å². The number of ether oxygens (including phenoxy) is 1. The molecule has 1 aromatic rings. The zero-order chi connectivity index (χ0) is 12.2. The molecule has 0 bridgehead atoms. The lowest BCUT2D eigenvalue weighted by molar-refractivity contribution is 0.194. The summed E-state index contributed by atoms with van der Waals surface area (Å²) >= 11 is 0. The minimum Gasteiger partial charge on any atom is -0.493 e. The summed E-state index contributed by atoms with van der Waals surface area (Å²) in [5.41, 5.74) is 0.509. The number of aliphatic hydroxyl groups is 1. The van der Waals surface area contributed by atoms with Crippen LogP contribution in [0.3, 0.4) is 0 Å². The van der Waals surface area contributed by atoms with Crippen LogP contribution in [-0.4, -0.2) is 32.1 Å². The molecule has 16 heavy (non-hydrogen) atoms. The van der Waals surface area contributed by atoms with E-state index in [1.165, 1.54) is 0 Å². The molecule has 0 aliphatic heterocycles. The maximum Gasteiger partial charge on any atom is 0.150 e. The molecule has 0 amide bonds. The summed E-state index contributed by atoms with van der Waals surface area (Å²) in [6.07, 6.45) is 0.0530. The summed E-state index contributed by atoms with van der Waals surface area (Å²) in [6, 6.07) is 6.90. The summed E-state index contributed by atoms with van der Waals surface area (Å²) < 4.78 is 27.5. The Hall–Kier alpha value is -1.07. The number of hydrogen-bond donors (Lipinski definition) is 1. The highest BCUT2D eigenvalue weighted by Crippen LogP contribution is 2.25. The van der Waals surface area contributed by atoms with Gasteiger partial charge in [0, 0.05) is 11.8 Å². The monoisotopic (exact) mass is 244 g/mol. The van der Waals surface area contributed by atoms with Crippen LogP contribution in [-0.2, 0) is 9.84 Å². The van der Waals surface area contributed by atoms with Crippen LogP contribution >= 0.6 is 0 Å². The molecule has 0 saturated heterocycles. The van der Waals surface area contributed by atoms with Crippen LogP contribution in [0.4, 0.5) is 0 Å². The van der Waals surface area contributed by atoms with E-state index >= 15 is 0 Å². The van der Waals surface area contributed by atoms with Crippen molar-refractivity contribution in [3.05, 3.63) is 29.8 Å². The third-order valence-corrected chi connectivity index (χ3v) is 2.96. The maximum absolute atomic E-state index is 11.1. The highest BCUT2D eigenvalue weighted by Gasteiger charge is 2.17. The predicted molar refractivity (Wildman–Crippen MR) is 62.3 cm³/mol. The molecule has 1 aromatic carbocycles. The van der Waals surface area contributed by atoms with Gasteiger partial charge in [-0.2, -0.15) is 0 Å². The molecule has 90 valence electrons. The molecule has 0 fully saturated rings. The highest BCUT2D eigenvalue weighted by atomic mass is 32.2. The van der Waals surface area contributed by atoms with Crippen LogP contribution in [0.15, 0.2) is 24.3 Å². The Bertz CT molecular complexity index is 439. The van der Waals surface area contributed by atoms with Crippen molar-refractivity contribution in [2.45, 2.75) is 13.0 Å². The lowest BCUT2D eigenvalue weighted by Crippen LogP contribution is -2.13. The molecule has 1 atom stereocenters. The molecule has 0 aromatic heterocycles. The first-order valence-electron chi connectivity index (χ1n) is 5.01. The van der Waals surface area contributed by atoms with Gasteiger partial charge in [0.05, 0.1) is 18.5 Å². The molecule has 0 heterocycles. The number of benzene rings is 1. The van der Waals surface area contributed by atoms with E-state index in [1.54, 1.807) is 24.3 Å². The summed E-state index contributed by atoms with van der Waals surface area (Å²) in [5, 5.41) is 9.80. The first kappa shape index (κ1) is 13.0. The minimum atomic E-state index is -3.21. The zero-order valence-electron chi connectivity index (χ0n) is 9.38. The van der Waals surface area contributed by atoms with Gasteiger partial charge in [0.15, 0.2) is 0 Å². The Labute approximate surface area is 95.8 Å². The van der Waals surface area contributed by atoms with Gasteiger partial charge < -0.3 is 9.84 Å². The van der Waals surface area contributed by atoms with Crippen molar-refractivity contribution in [2.24, 2.45) is 0 Å². The van der Waals surface area contributed by atoms with Gasteiger partial charge in [-0.3, -0.25) is 0 Å². The van der Waals surface area contributed by atoms with E-state index < -0.39 is 15.9 Å². The normalized spacial score (nSPS) is 13.4. The van der Waals surface area contributed by atoms with Crippen molar-refractivity contribution >= 4 is 9.84 Å².